The van der Waals surface area contributed by atoms with Gasteiger partial charge in [0.1, 0.15) is 11.9 Å². The van der Waals surface area contributed by atoms with Crippen LogP contribution in [0.3, 0.4) is 0 Å². The van der Waals surface area contributed by atoms with Crippen molar-refractivity contribution in [2.45, 2.75) is 82.7 Å². The Labute approximate surface area is 379 Å². The number of sulfonamides is 1. The van der Waals surface area contributed by atoms with Crippen LogP contribution < -0.4 is 36.2 Å². The SMILES string of the molecule is Cc1cnc(Nc2ccc(N3CCN(CC(=O)NCCCCCCNc4cccc5c4C(=O)N(C4CCC(=O)NC4=O)C5=O)CC3)cc2)nc1Nc1cccc(S(=O)(=O)NC(C)(C)C)c1. The van der Waals surface area contributed by atoms with Crippen LogP contribution >= 0.6 is 0 Å². The van der Waals surface area contributed by atoms with Gasteiger partial charge in [0.25, 0.3) is 11.8 Å². The number of nitrogens with one attached hydrogen (secondary N) is 6. The van der Waals surface area contributed by atoms with Crippen LogP contribution in [0.15, 0.2) is 77.8 Å². The van der Waals surface area contributed by atoms with Crippen LogP contribution in [0.4, 0.5) is 34.5 Å². The highest BCUT2D eigenvalue weighted by Crippen LogP contribution is 2.33. The molecule has 19 heteroatoms. The van der Waals surface area contributed by atoms with E-state index in [4.69, 9.17) is 0 Å². The maximum Gasteiger partial charge on any atom is 0.264 e. The summed E-state index contributed by atoms with van der Waals surface area (Å²) in [5.74, 6) is -1.17. The van der Waals surface area contributed by atoms with Crippen LogP contribution in [-0.4, -0.2) is 115 Å². The molecule has 18 nitrogen and oxygen atoms in total. The third-order valence-electron chi connectivity index (χ3n) is 11.3. The summed E-state index contributed by atoms with van der Waals surface area (Å²) in [5, 5.41) is 15.0. The fourth-order valence-electron chi connectivity index (χ4n) is 7.99. The smallest absolute Gasteiger partial charge is 0.264 e. The molecule has 4 aromatic rings. The molecular weight excluding hydrogens is 851 g/mol. The van der Waals surface area contributed by atoms with Gasteiger partial charge in [0, 0.05) is 85.7 Å². The number of fused-ring (bicyclic) bond motifs is 1. The number of aryl methyl sites for hydroxylation is 1. The van der Waals surface area contributed by atoms with Crippen molar-refractivity contribution < 1.29 is 32.4 Å². The molecule has 0 saturated carbocycles. The number of piperidine rings is 1. The van der Waals surface area contributed by atoms with E-state index >= 15 is 0 Å². The van der Waals surface area contributed by atoms with E-state index in [0.29, 0.717) is 42.8 Å². The molecule has 3 aliphatic rings. The molecule has 2 fully saturated rings. The first kappa shape index (κ1) is 46.5. The minimum atomic E-state index is -3.71. The molecule has 1 atom stereocenters. The lowest BCUT2D eigenvalue weighted by Crippen LogP contribution is -2.54. The highest BCUT2D eigenvalue weighted by Gasteiger charge is 2.45. The minimum absolute atomic E-state index is 0.00517. The average Bonchev–Trinajstić information content (AvgIpc) is 3.51. The fraction of sp³-hybridized carbons (Fsp3) is 0.413. The molecule has 0 aliphatic carbocycles. The fourth-order valence-corrected chi connectivity index (χ4v) is 9.46. The molecule has 2 saturated heterocycles. The Kier molecular flexibility index (Phi) is 14.4. The molecule has 3 aromatic carbocycles. The van der Waals surface area contributed by atoms with E-state index in [1.165, 1.54) is 0 Å². The number of anilines is 6. The Bertz CT molecular complexity index is 2540. The van der Waals surface area contributed by atoms with Gasteiger partial charge in [-0.25, -0.2) is 18.1 Å². The number of nitrogens with zero attached hydrogens (tertiary/aromatic N) is 5. The Morgan fingerprint density at radius 3 is 2.29 bits per heavy atom. The Hall–Kier alpha value is -6.44. The van der Waals surface area contributed by atoms with Gasteiger partial charge < -0.3 is 26.2 Å². The van der Waals surface area contributed by atoms with Crippen LogP contribution in [0.2, 0.25) is 0 Å². The number of unbranched alkanes of at least 4 members (excludes halogenated alkanes) is 3. The number of imide groups is 2. The number of carbonyl (C=O) groups is 5. The summed E-state index contributed by atoms with van der Waals surface area (Å²) < 4.78 is 28.5. The molecule has 7 rings (SSSR count). The number of carbonyl (C=O) groups excluding carboxylic acids is 5. The van der Waals surface area contributed by atoms with Crippen LogP contribution in [0, 0.1) is 6.92 Å². The zero-order chi connectivity index (χ0) is 46.3. The van der Waals surface area contributed by atoms with E-state index in [-0.39, 0.29) is 34.8 Å². The maximum atomic E-state index is 13.3. The zero-order valence-corrected chi connectivity index (χ0v) is 38.0. The molecule has 344 valence electrons. The first-order valence-electron chi connectivity index (χ1n) is 22.0. The van der Waals surface area contributed by atoms with E-state index in [1.807, 2.05) is 31.2 Å². The Morgan fingerprint density at radius 2 is 1.57 bits per heavy atom. The second-order valence-corrected chi connectivity index (χ2v) is 19.2. The lowest BCUT2D eigenvalue weighted by Gasteiger charge is -2.35. The normalized spacial score (nSPS) is 16.9. The van der Waals surface area contributed by atoms with Crippen molar-refractivity contribution in [2.24, 2.45) is 0 Å². The summed E-state index contributed by atoms with van der Waals surface area (Å²) in [6, 6.07) is 18.6. The van der Waals surface area contributed by atoms with E-state index in [1.54, 1.807) is 69.4 Å². The van der Waals surface area contributed by atoms with Gasteiger partial charge in [-0.15, -0.1) is 0 Å². The van der Waals surface area contributed by atoms with Crippen LogP contribution in [-0.2, 0) is 24.4 Å². The van der Waals surface area contributed by atoms with Gasteiger partial charge in [-0.3, -0.25) is 39.1 Å². The summed E-state index contributed by atoms with van der Waals surface area (Å²) in [4.78, 5) is 77.8. The van der Waals surface area contributed by atoms with Crippen molar-refractivity contribution >= 4 is 74.1 Å². The second kappa shape index (κ2) is 20.2. The molecular formula is C46H57N11O7S. The van der Waals surface area contributed by atoms with Crippen LogP contribution in [0.25, 0.3) is 0 Å². The van der Waals surface area contributed by atoms with E-state index in [0.717, 1.165) is 73.7 Å². The summed E-state index contributed by atoms with van der Waals surface area (Å²) in [6.45, 7) is 11.9. The monoisotopic (exact) mass is 907 g/mol. The number of hydrogen-bond acceptors (Lipinski definition) is 14. The number of benzene rings is 3. The molecule has 65 heavy (non-hydrogen) atoms. The minimum Gasteiger partial charge on any atom is -0.384 e. The van der Waals surface area contributed by atoms with Crippen molar-refractivity contribution in [3.63, 3.8) is 0 Å². The number of rotatable bonds is 18. The molecule has 3 aliphatic heterocycles. The predicted molar refractivity (Wildman–Crippen MR) is 248 cm³/mol. The molecule has 5 amide bonds. The molecule has 0 spiro atoms. The number of amides is 5. The van der Waals surface area contributed by atoms with Crippen molar-refractivity contribution in [1.29, 1.82) is 0 Å². The highest BCUT2D eigenvalue weighted by molar-refractivity contribution is 7.89. The summed E-state index contributed by atoms with van der Waals surface area (Å²) in [5.41, 5.74) is 3.68. The third-order valence-corrected chi connectivity index (χ3v) is 13.0. The van der Waals surface area contributed by atoms with Gasteiger partial charge in [-0.2, -0.15) is 4.98 Å². The predicted octanol–water partition coefficient (Wildman–Crippen LogP) is 4.66. The van der Waals surface area contributed by atoms with Crippen molar-refractivity contribution in [3.8, 4) is 0 Å². The second-order valence-electron chi connectivity index (χ2n) is 17.5. The Balaban J connectivity index is 0.782. The van der Waals surface area contributed by atoms with E-state index < -0.39 is 45.2 Å². The van der Waals surface area contributed by atoms with Gasteiger partial charge in [0.15, 0.2) is 0 Å². The van der Waals surface area contributed by atoms with Crippen molar-refractivity contribution in [1.82, 2.24) is 35.1 Å². The first-order valence-corrected chi connectivity index (χ1v) is 23.5. The summed E-state index contributed by atoms with van der Waals surface area (Å²) in [7, 11) is -3.71. The van der Waals surface area contributed by atoms with Gasteiger partial charge in [0.05, 0.1) is 22.6 Å². The molecule has 1 unspecified atom stereocenters. The number of hydrogen-bond donors (Lipinski definition) is 6. The van der Waals surface area contributed by atoms with E-state index in [2.05, 4.69) is 51.1 Å². The topological polar surface area (TPSA) is 227 Å². The Morgan fingerprint density at radius 1 is 0.846 bits per heavy atom. The van der Waals surface area contributed by atoms with Crippen LogP contribution in [0.5, 0.6) is 0 Å². The largest absolute Gasteiger partial charge is 0.384 e. The van der Waals surface area contributed by atoms with Crippen LogP contribution in [0.1, 0.15) is 85.6 Å². The number of aromatic nitrogens is 2. The third kappa shape index (κ3) is 11.8. The quantitative estimate of drug-likeness (QED) is 0.0590. The molecule has 0 bridgehead atoms. The lowest BCUT2D eigenvalue weighted by molar-refractivity contribution is -0.136. The first-order chi connectivity index (χ1) is 31.0. The van der Waals surface area contributed by atoms with Crippen molar-refractivity contribution in [3.05, 3.63) is 89.6 Å². The highest BCUT2D eigenvalue weighted by atomic mass is 32.2. The van der Waals surface area contributed by atoms with Gasteiger partial charge in [-0.1, -0.05) is 25.0 Å². The van der Waals surface area contributed by atoms with Gasteiger partial charge >= 0.3 is 0 Å². The number of piperazine rings is 1. The summed E-state index contributed by atoms with van der Waals surface area (Å²) in [6.07, 6.45) is 5.37. The van der Waals surface area contributed by atoms with Gasteiger partial charge in [-0.05, 0) is 102 Å². The molecule has 6 N–H and O–H groups in total. The standard InChI is InChI=1S/C46H57N11O7S/c1-30-28-49-45(53-41(30)50-32-11-9-12-34(27-32)65(63,64)54-46(2,3)4)51-31-15-17-33(18-16-31)56-25-23-55(24-26-56)29-39(59)48-22-8-6-5-7-21-47-36-14-10-13-35-40(36)44(62)57(43(35)61)37-19-20-38(58)52-42(37)60/h9-18,27-28,37,47,54H,5-8,19-26,29H2,1-4H3,(H,48,59)(H,52,58,60)(H2,49,50,51,53). The van der Waals surface area contributed by atoms with E-state index in [9.17, 15) is 32.4 Å². The zero-order valence-electron chi connectivity index (χ0n) is 37.2. The molecule has 0 radical (unpaired) electrons. The lowest BCUT2D eigenvalue weighted by atomic mass is 10.0. The molecule has 4 heterocycles. The van der Waals surface area contributed by atoms with Crippen molar-refractivity contribution in [2.75, 3.05) is 66.7 Å². The summed E-state index contributed by atoms with van der Waals surface area (Å²) >= 11 is 0. The van der Waals surface area contributed by atoms with Gasteiger partial charge in [0.2, 0.25) is 33.7 Å². The maximum absolute atomic E-state index is 13.3. The average molecular weight is 908 g/mol. The molecule has 1 aromatic heterocycles.